The quantitative estimate of drug-likeness (QED) is 0.338. The Kier molecular flexibility index (Phi) is 6.98. The number of imide groups is 1. The van der Waals surface area contributed by atoms with E-state index in [4.69, 9.17) is 0 Å². The predicted octanol–water partition coefficient (Wildman–Crippen LogP) is 4.72. The van der Waals surface area contributed by atoms with E-state index in [2.05, 4.69) is 44.6 Å². The molecule has 4 heterocycles. The Morgan fingerprint density at radius 1 is 1.14 bits per heavy atom. The van der Waals surface area contributed by atoms with Crippen LogP contribution in [0.25, 0.3) is 22.0 Å². The molecule has 2 atom stereocenters. The molecule has 0 radical (unpaired) electrons. The number of rotatable bonds is 5. The largest absolute Gasteiger partial charge is 0.384 e. The molecule has 1 unspecified atom stereocenters. The van der Waals surface area contributed by atoms with Crippen molar-refractivity contribution in [2.45, 2.75) is 58.1 Å². The van der Waals surface area contributed by atoms with Crippen LogP contribution in [0.1, 0.15) is 61.4 Å². The molecule has 2 aromatic heterocycles. The number of halogens is 1. The highest BCUT2D eigenvalue weighted by molar-refractivity contribution is 6.01. The van der Waals surface area contributed by atoms with Gasteiger partial charge in [0.05, 0.1) is 22.7 Å². The van der Waals surface area contributed by atoms with Gasteiger partial charge in [0.15, 0.2) is 0 Å². The van der Waals surface area contributed by atoms with Gasteiger partial charge in [-0.05, 0) is 48.6 Å². The van der Waals surface area contributed by atoms with Crippen molar-refractivity contribution in [1.29, 1.82) is 0 Å². The molecular weight excluding hydrogens is 533 g/mol. The molecule has 8 nitrogen and oxygen atoms in total. The molecule has 218 valence electrons. The molecule has 0 aliphatic carbocycles. The number of nitrogens with zero attached hydrogens (tertiary/aromatic N) is 4. The number of piperidine rings is 2. The zero-order valence-corrected chi connectivity index (χ0v) is 24.4. The Labute approximate surface area is 244 Å². The Morgan fingerprint density at radius 3 is 2.57 bits per heavy atom. The summed E-state index contributed by atoms with van der Waals surface area (Å²) in [6.45, 7) is 7.89. The van der Waals surface area contributed by atoms with Gasteiger partial charge in [0, 0.05) is 67.4 Å². The molecule has 2 aliphatic heterocycles. The molecule has 2 amide bonds. The number of carbonyl (C=O) groups excluding carboxylic acids is 2. The van der Waals surface area contributed by atoms with E-state index in [1.165, 1.54) is 5.56 Å². The first-order chi connectivity index (χ1) is 19.9. The van der Waals surface area contributed by atoms with E-state index in [0.717, 1.165) is 23.4 Å². The lowest BCUT2D eigenvalue weighted by molar-refractivity contribution is -0.134. The average molecular weight is 570 g/mol. The summed E-state index contributed by atoms with van der Waals surface area (Å²) in [5, 5.41) is 19.1. The summed E-state index contributed by atoms with van der Waals surface area (Å²) in [5.41, 5.74) is 3.62. The molecule has 2 aliphatic rings. The third-order valence-electron chi connectivity index (χ3n) is 9.12. The number of fused-ring (bicyclic) bond motifs is 1. The van der Waals surface area contributed by atoms with Crippen LogP contribution in [-0.2, 0) is 28.8 Å². The lowest BCUT2D eigenvalue weighted by Crippen LogP contribution is -2.55. The Morgan fingerprint density at radius 2 is 1.90 bits per heavy atom. The van der Waals surface area contributed by atoms with Gasteiger partial charge in [0.1, 0.15) is 5.82 Å². The van der Waals surface area contributed by atoms with Crippen molar-refractivity contribution >= 4 is 22.7 Å². The van der Waals surface area contributed by atoms with Crippen LogP contribution in [0.15, 0.2) is 54.9 Å². The third kappa shape index (κ3) is 4.90. The number of likely N-dealkylation sites (tertiary alicyclic amines) is 1. The van der Waals surface area contributed by atoms with Crippen molar-refractivity contribution in [1.82, 2.24) is 25.0 Å². The van der Waals surface area contributed by atoms with Gasteiger partial charge in [-0.2, -0.15) is 5.10 Å². The van der Waals surface area contributed by atoms with E-state index in [1.54, 1.807) is 24.4 Å². The van der Waals surface area contributed by atoms with E-state index >= 15 is 4.39 Å². The Bertz CT molecular complexity index is 1700. The third-order valence-corrected chi connectivity index (χ3v) is 9.12. The first-order valence-corrected chi connectivity index (χ1v) is 14.4. The van der Waals surface area contributed by atoms with E-state index in [1.807, 2.05) is 38.7 Å². The lowest BCUT2D eigenvalue weighted by Gasteiger charge is -2.50. The smallest absolute Gasteiger partial charge is 0.234 e. The minimum Gasteiger partial charge on any atom is -0.384 e. The highest BCUT2D eigenvalue weighted by Gasteiger charge is 2.50. The molecule has 4 aromatic rings. The van der Waals surface area contributed by atoms with E-state index in [0.29, 0.717) is 37.0 Å². The van der Waals surface area contributed by atoms with Crippen LogP contribution in [0, 0.1) is 18.2 Å². The second-order valence-corrected chi connectivity index (χ2v) is 12.5. The normalized spacial score (nSPS) is 22.9. The van der Waals surface area contributed by atoms with E-state index in [-0.39, 0.29) is 23.3 Å². The molecule has 0 bridgehead atoms. The van der Waals surface area contributed by atoms with Crippen molar-refractivity contribution in [2.24, 2.45) is 12.5 Å². The van der Waals surface area contributed by atoms with E-state index < -0.39 is 28.7 Å². The van der Waals surface area contributed by atoms with Gasteiger partial charge in [-0.3, -0.25) is 29.5 Å². The van der Waals surface area contributed by atoms with Crippen molar-refractivity contribution in [3.05, 3.63) is 83.1 Å². The summed E-state index contributed by atoms with van der Waals surface area (Å²) < 4.78 is 18.0. The Hall–Kier alpha value is -3.95. The van der Waals surface area contributed by atoms with E-state index in [9.17, 15) is 14.7 Å². The molecule has 42 heavy (non-hydrogen) atoms. The van der Waals surface area contributed by atoms with Crippen LogP contribution < -0.4 is 5.32 Å². The number of aliphatic hydroxyl groups is 1. The fourth-order valence-corrected chi connectivity index (χ4v) is 6.69. The topological polar surface area (TPSA) is 100 Å². The minimum absolute atomic E-state index is 0.232. The van der Waals surface area contributed by atoms with Gasteiger partial charge < -0.3 is 5.11 Å². The van der Waals surface area contributed by atoms with Gasteiger partial charge >= 0.3 is 0 Å². The highest BCUT2D eigenvalue weighted by atomic mass is 19.1. The summed E-state index contributed by atoms with van der Waals surface area (Å²) in [6, 6.07) is 13.5. The maximum absolute atomic E-state index is 16.2. The Balaban J connectivity index is 1.22. The number of benzene rings is 2. The summed E-state index contributed by atoms with van der Waals surface area (Å²) in [4.78, 5) is 30.7. The standard InChI is InChI=1S/C33H36FN5O3/c1-20-26(18-38(4)37-20)22-7-5-21(6-8-22)17-39-14-13-33(42,32(2,3)19-39)27-10-11-28-25(30(27)34)15-23(16-35-28)24-9-12-29(40)36-31(24)41/h5-8,10-11,15-16,18,24,42H,9,12-14,17,19H2,1-4H3,(H,36,40,41)/t24?,33-/m0/s1. The summed E-state index contributed by atoms with van der Waals surface area (Å²) in [7, 11) is 1.92. The van der Waals surface area contributed by atoms with Gasteiger partial charge in [0.2, 0.25) is 11.8 Å². The molecule has 6 rings (SSSR count). The number of carbonyl (C=O) groups is 2. The molecule has 2 N–H and O–H groups in total. The number of aromatic nitrogens is 3. The molecule has 9 heteroatoms. The number of hydrogen-bond acceptors (Lipinski definition) is 6. The summed E-state index contributed by atoms with van der Waals surface area (Å²) in [6.07, 6.45) is 4.56. The molecular formula is C33H36FN5O3. The first-order valence-electron chi connectivity index (χ1n) is 14.4. The van der Waals surface area contributed by atoms with Gasteiger partial charge in [-0.25, -0.2) is 4.39 Å². The number of amides is 2. The van der Waals surface area contributed by atoms with Gasteiger partial charge in [-0.1, -0.05) is 44.2 Å². The number of aryl methyl sites for hydroxylation is 2. The van der Waals surface area contributed by atoms with Crippen molar-refractivity contribution in [2.75, 3.05) is 13.1 Å². The fourth-order valence-electron chi connectivity index (χ4n) is 6.69. The summed E-state index contributed by atoms with van der Waals surface area (Å²) in [5.74, 6) is -1.77. The maximum Gasteiger partial charge on any atom is 0.234 e. The number of nitrogens with one attached hydrogen (secondary N) is 1. The monoisotopic (exact) mass is 569 g/mol. The molecule has 0 saturated carbocycles. The zero-order chi connectivity index (χ0) is 29.8. The number of hydrogen-bond donors (Lipinski definition) is 2. The molecule has 2 saturated heterocycles. The van der Waals surface area contributed by atoms with Crippen molar-refractivity contribution in [3.8, 4) is 11.1 Å². The molecule has 2 aromatic carbocycles. The summed E-state index contributed by atoms with van der Waals surface area (Å²) >= 11 is 0. The SMILES string of the molecule is Cc1nn(C)cc1-c1ccc(CN2CC[C@](O)(c3ccc4ncc(C5CCC(=O)NC5=O)cc4c3F)C(C)(C)C2)cc1. The second-order valence-electron chi connectivity index (χ2n) is 12.5. The average Bonchev–Trinajstić information content (AvgIpc) is 3.29. The molecule has 2 fully saturated rings. The van der Waals surface area contributed by atoms with Crippen LogP contribution in [0.2, 0.25) is 0 Å². The second kappa shape index (κ2) is 10.4. The van der Waals surface area contributed by atoms with Crippen molar-refractivity contribution < 1.29 is 19.1 Å². The van der Waals surface area contributed by atoms with Crippen LogP contribution in [0.5, 0.6) is 0 Å². The van der Waals surface area contributed by atoms with Crippen LogP contribution >= 0.6 is 0 Å². The van der Waals surface area contributed by atoms with Crippen LogP contribution in [-0.4, -0.2) is 49.7 Å². The van der Waals surface area contributed by atoms with Crippen molar-refractivity contribution in [3.63, 3.8) is 0 Å². The number of pyridine rings is 1. The lowest BCUT2D eigenvalue weighted by atomic mass is 9.66. The van der Waals surface area contributed by atoms with Gasteiger partial charge in [-0.15, -0.1) is 0 Å². The first kappa shape index (κ1) is 28.2. The van der Waals surface area contributed by atoms with Crippen LogP contribution in [0.4, 0.5) is 4.39 Å². The predicted molar refractivity (Wildman–Crippen MR) is 158 cm³/mol. The molecule has 0 spiro atoms. The zero-order valence-electron chi connectivity index (χ0n) is 24.4. The van der Waals surface area contributed by atoms with Crippen LogP contribution in [0.3, 0.4) is 0 Å². The van der Waals surface area contributed by atoms with Gasteiger partial charge in [0.25, 0.3) is 0 Å². The minimum atomic E-state index is -1.39. The maximum atomic E-state index is 16.2. The highest BCUT2D eigenvalue weighted by Crippen LogP contribution is 2.48. The fraction of sp³-hybridized carbons (Fsp3) is 0.394.